The van der Waals surface area contributed by atoms with Crippen LogP contribution in [0.1, 0.15) is 36.8 Å². The van der Waals surface area contributed by atoms with E-state index >= 15 is 0 Å². The molecule has 10 heteroatoms. The molecule has 25 heavy (non-hydrogen) atoms. The number of nitrogens with zero attached hydrogens (tertiary/aromatic N) is 1. The summed E-state index contributed by atoms with van der Waals surface area (Å²) in [5.41, 5.74) is -2.07. The van der Waals surface area contributed by atoms with Crippen molar-refractivity contribution in [3.05, 3.63) is 29.3 Å². The first-order valence-electron chi connectivity index (χ1n) is 7.42. The van der Waals surface area contributed by atoms with Crippen LogP contribution in [0.5, 0.6) is 0 Å². The van der Waals surface area contributed by atoms with Crippen molar-refractivity contribution in [1.82, 2.24) is 4.72 Å². The van der Waals surface area contributed by atoms with Gasteiger partial charge < -0.3 is 4.74 Å². The first-order valence-corrected chi connectivity index (χ1v) is 8.90. The number of rotatable bonds is 5. The minimum atomic E-state index is -4.89. The summed E-state index contributed by atoms with van der Waals surface area (Å²) in [7, 11) is -4.46. The molecule has 2 rings (SSSR count). The number of halogens is 3. The summed E-state index contributed by atoms with van der Waals surface area (Å²) >= 11 is 0. The van der Waals surface area contributed by atoms with Gasteiger partial charge in [0, 0.05) is 13.0 Å². The van der Waals surface area contributed by atoms with Gasteiger partial charge in [-0.3, -0.25) is 4.79 Å². The quantitative estimate of drug-likeness (QED) is 0.851. The summed E-state index contributed by atoms with van der Waals surface area (Å²) in [6, 6.07) is 3.31. The summed E-state index contributed by atoms with van der Waals surface area (Å²) in [5, 5.41) is 8.71. The molecule has 1 saturated heterocycles. The summed E-state index contributed by atoms with van der Waals surface area (Å²) in [6.07, 6.45) is -3.13. The van der Waals surface area contributed by atoms with E-state index in [-0.39, 0.29) is 12.5 Å². The van der Waals surface area contributed by atoms with Crippen LogP contribution >= 0.6 is 0 Å². The van der Waals surface area contributed by atoms with Crippen molar-refractivity contribution in [2.24, 2.45) is 0 Å². The number of alkyl halides is 3. The predicted molar refractivity (Wildman–Crippen MR) is 79.7 cm³/mol. The molecule has 1 N–H and O–H groups in total. The smallest absolute Gasteiger partial charge is 0.378 e. The van der Waals surface area contributed by atoms with Crippen LogP contribution in [0.3, 0.4) is 0 Å². The van der Waals surface area contributed by atoms with Gasteiger partial charge in [-0.15, -0.1) is 0 Å². The lowest BCUT2D eigenvalue weighted by molar-refractivity contribution is -0.137. The SMILES string of the molecule is N#Cc1ccc(S(=O)(=O)NC(=O)CC[C@H]2CCCO2)cc1C(F)(F)F. The van der Waals surface area contributed by atoms with E-state index in [0.29, 0.717) is 19.1 Å². The zero-order valence-corrected chi connectivity index (χ0v) is 13.8. The molecule has 0 radical (unpaired) electrons. The predicted octanol–water partition coefficient (Wildman–Crippen LogP) is 2.34. The van der Waals surface area contributed by atoms with Crippen molar-refractivity contribution >= 4 is 15.9 Å². The molecule has 6 nitrogen and oxygen atoms in total. The zero-order valence-electron chi connectivity index (χ0n) is 13.0. The van der Waals surface area contributed by atoms with Gasteiger partial charge in [0.1, 0.15) is 0 Å². The van der Waals surface area contributed by atoms with Gasteiger partial charge in [-0.1, -0.05) is 0 Å². The van der Waals surface area contributed by atoms with Gasteiger partial charge in [0.25, 0.3) is 10.0 Å². The van der Waals surface area contributed by atoms with E-state index in [1.54, 1.807) is 4.72 Å². The lowest BCUT2D eigenvalue weighted by Crippen LogP contribution is -2.31. The minimum Gasteiger partial charge on any atom is -0.378 e. The Morgan fingerprint density at radius 3 is 2.68 bits per heavy atom. The number of carbonyl (C=O) groups excluding carboxylic acids is 1. The monoisotopic (exact) mass is 376 g/mol. The number of nitrogens with one attached hydrogen (secondary N) is 1. The molecule has 136 valence electrons. The third-order valence-electron chi connectivity index (χ3n) is 3.69. The number of hydrogen-bond donors (Lipinski definition) is 1. The number of carbonyl (C=O) groups is 1. The highest BCUT2D eigenvalue weighted by Gasteiger charge is 2.35. The van der Waals surface area contributed by atoms with Gasteiger partial charge in [0.15, 0.2) is 0 Å². The molecule has 0 saturated carbocycles. The normalized spacial score (nSPS) is 17.9. The van der Waals surface area contributed by atoms with E-state index in [9.17, 15) is 26.4 Å². The molecule has 1 aliphatic rings. The Kier molecular flexibility index (Phi) is 5.69. The molecule has 0 aromatic heterocycles. The van der Waals surface area contributed by atoms with E-state index < -0.39 is 38.1 Å². The highest BCUT2D eigenvalue weighted by Crippen LogP contribution is 2.33. The fraction of sp³-hybridized carbons (Fsp3) is 0.467. The molecule has 0 unspecified atom stereocenters. The van der Waals surface area contributed by atoms with Crippen LogP contribution in [-0.2, 0) is 25.7 Å². The van der Waals surface area contributed by atoms with Crippen LogP contribution in [0.2, 0.25) is 0 Å². The number of ether oxygens (including phenoxy) is 1. The number of amides is 1. The minimum absolute atomic E-state index is 0.111. The lowest BCUT2D eigenvalue weighted by Gasteiger charge is -2.12. The van der Waals surface area contributed by atoms with E-state index in [1.165, 1.54) is 6.07 Å². The molecule has 1 fully saturated rings. The molecule has 0 bridgehead atoms. The van der Waals surface area contributed by atoms with Gasteiger partial charge in [0.05, 0.1) is 28.2 Å². The van der Waals surface area contributed by atoms with E-state index in [1.807, 2.05) is 0 Å². The van der Waals surface area contributed by atoms with Crippen molar-refractivity contribution in [2.75, 3.05) is 6.61 Å². The molecule has 1 aliphatic heterocycles. The fourth-order valence-electron chi connectivity index (χ4n) is 2.45. The summed E-state index contributed by atoms with van der Waals surface area (Å²) in [6.45, 7) is 0.593. The maximum atomic E-state index is 12.9. The van der Waals surface area contributed by atoms with Crippen LogP contribution in [-0.4, -0.2) is 27.0 Å². The standard InChI is InChI=1S/C15H15F3N2O4S/c16-15(17,18)13-8-12(5-3-10(13)9-19)25(22,23)20-14(21)6-4-11-2-1-7-24-11/h3,5,8,11H,1-2,4,6-7H2,(H,20,21)/t11-/m1/s1. The Balaban J connectivity index is 2.13. The zero-order chi connectivity index (χ0) is 18.7. The van der Waals surface area contributed by atoms with Crippen molar-refractivity contribution < 1.29 is 31.1 Å². The van der Waals surface area contributed by atoms with E-state index in [2.05, 4.69) is 0 Å². The largest absolute Gasteiger partial charge is 0.417 e. The maximum Gasteiger partial charge on any atom is 0.417 e. The maximum absolute atomic E-state index is 12.9. The second kappa shape index (κ2) is 7.41. The number of sulfonamides is 1. The first-order chi connectivity index (χ1) is 11.6. The lowest BCUT2D eigenvalue weighted by atomic mass is 10.1. The fourth-order valence-corrected chi connectivity index (χ4v) is 3.49. The summed E-state index contributed by atoms with van der Waals surface area (Å²) in [5.74, 6) is -0.826. The van der Waals surface area contributed by atoms with Gasteiger partial charge in [-0.25, -0.2) is 13.1 Å². The molecule has 0 spiro atoms. The molecule has 1 heterocycles. The van der Waals surface area contributed by atoms with Gasteiger partial charge in [0.2, 0.25) is 5.91 Å². The van der Waals surface area contributed by atoms with Crippen molar-refractivity contribution in [1.29, 1.82) is 5.26 Å². The Labute approximate surface area is 142 Å². The first kappa shape index (κ1) is 19.2. The second-order valence-corrected chi connectivity index (χ2v) is 7.20. The Bertz CT molecular complexity index is 794. The van der Waals surface area contributed by atoms with E-state index in [0.717, 1.165) is 25.0 Å². The van der Waals surface area contributed by atoms with Crippen LogP contribution in [0.4, 0.5) is 13.2 Å². The highest BCUT2D eigenvalue weighted by atomic mass is 32.2. The van der Waals surface area contributed by atoms with Gasteiger partial charge >= 0.3 is 6.18 Å². The third-order valence-corrected chi connectivity index (χ3v) is 5.06. The molecule has 1 atom stereocenters. The Morgan fingerprint density at radius 1 is 1.40 bits per heavy atom. The molecule has 1 amide bonds. The van der Waals surface area contributed by atoms with Gasteiger partial charge in [-0.2, -0.15) is 18.4 Å². The Morgan fingerprint density at radius 2 is 2.12 bits per heavy atom. The number of benzene rings is 1. The van der Waals surface area contributed by atoms with Crippen LogP contribution in [0, 0.1) is 11.3 Å². The molecular weight excluding hydrogens is 361 g/mol. The van der Waals surface area contributed by atoms with Crippen molar-refractivity contribution in [3.63, 3.8) is 0 Å². The Hall–Kier alpha value is -2.12. The highest BCUT2D eigenvalue weighted by molar-refractivity contribution is 7.90. The average molecular weight is 376 g/mol. The third kappa shape index (κ3) is 4.93. The molecular formula is C15H15F3N2O4S. The average Bonchev–Trinajstić information content (AvgIpc) is 3.04. The van der Waals surface area contributed by atoms with Crippen LogP contribution in [0.15, 0.2) is 23.1 Å². The summed E-state index contributed by atoms with van der Waals surface area (Å²) < 4.78 is 70.0. The van der Waals surface area contributed by atoms with E-state index in [4.69, 9.17) is 10.00 Å². The van der Waals surface area contributed by atoms with Crippen molar-refractivity contribution in [2.45, 2.75) is 42.9 Å². The van der Waals surface area contributed by atoms with Crippen LogP contribution < -0.4 is 4.72 Å². The van der Waals surface area contributed by atoms with Crippen LogP contribution in [0.25, 0.3) is 0 Å². The topological polar surface area (TPSA) is 96.3 Å². The molecule has 1 aromatic carbocycles. The number of hydrogen-bond acceptors (Lipinski definition) is 5. The second-order valence-electron chi connectivity index (χ2n) is 5.52. The molecule has 0 aliphatic carbocycles. The van der Waals surface area contributed by atoms with Gasteiger partial charge in [-0.05, 0) is 37.5 Å². The summed E-state index contributed by atoms with van der Waals surface area (Å²) in [4.78, 5) is 11.0. The molecule has 1 aromatic rings. The van der Waals surface area contributed by atoms with Crippen molar-refractivity contribution in [3.8, 4) is 6.07 Å². The number of nitriles is 1.